The molecule has 0 aromatic heterocycles. The van der Waals surface area contributed by atoms with Crippen LogP contribution in [0.25, 0.3) is 0 Å². The molecule has 0 saturated carbocycles. The van der Waals surface area contributed by atoms with Gasteiger partial charge < -0.3 is 25.8 Å². The van der Waals surface area contributed by atoms with Crippen LogP contribution >= 0.6 is 0 Å². The van der Waals surface area contributed by atoms with E-state index in [-0.39, 0.29) is 6.54 Å². The summed E-state index contributed by atoms with van der Waals surface area (Å²) >= 11 is 0. The van der Waals surface area contributed by atoms with Gasteiger partial charge in [-0.25, -0.2) is 4.39 Å². The highest BCUT2D eigenvalue weighted by Crippen LogP contribution is 2.21. The zero-order valence-corrected chi connectivity index (χ0v) is 6.30. The Balaban J connectivity index is 2.63. The van der Waals surface area contributed by atoms with E-state index in [9.17, 15) is 4.39 Å². The molecule has 5 atom stereocenters. The minimum absolute atomic E-state index is 0.0813. The average Bonchev–Trinajstić information content (AvgIpc) is 2.08. The lowest BCUT2D eigenvalue weighted by atomic mass is 10.0. The standard InChI is InChI=1S/C6H12FNO4/c7-3-5(10)4(9)2(1-8)12-6(3)11/h2-6,9-11H,1,8H2/t2-,3-,4-,5-,6-/m1/s1. The van der Waals surface area contributed by atoms with Crippen LogP contribution in [0.2, 0.25) is 0 Å². The first kappa shape index (κ1) is 9.82. The van der Waals surface area contributed by atoms with Crippen LogP contribution < -0.4 is 5.73 Å². The smallest absolute Gasteiger partial charge is 0.189 e. The number of halogens is 1. The first-order chi connectivity index (χ1) is 5.57. The Hall–Kier alpha value is -0.270. The topological polar surface area (TPSA) is 95.9 Å². The molecular formula is C6H12FNO4. The Morgan fingerprint density at radius 3 is 2.33 bits per heavy atom. The minimum atomic E-state index is -1.98. The van der Waals surface area contributed by atoms with E-state index in [2.05, 4.69) is 4.74 Å². The first-order valence-electron chi connectivity index (χ1n) is 3.61. The number of aliphatic hydroxyl groups excluding tert-OH is 3. The lowest BCUT2D eigenvalue weighted by Crippen LogP contribution is -2.57. The van der Waals surface area contributed by atoms with E-state index in [1.807, 2.05) is 0 Å². The van der Waals surface area contributed by atoms with Crippen LogP contribution in [0, 0.1) is 0 Å². The number of alkyl halides is 1. The molecule has 0 aromatic rings. The molecule has 12 heavy (non-hydrogen) atoms. The fourth-order valence-electron chi connectivity index (χ4n) is 1.11. The van der Waals surface area contributed by atoms with Crippen LogP contribution in [0.15, 0.2) is 0 Å². The number of nitrogens with two attached hydrogens (primary N) is 1. The Morgan fingerprint density at radius 2 is 1.83 bits per heavy atom. The molecular weight excluding hydrogens is 169 g/mol. The predicted molar refractivity (Wildman–Crippen MR) is 36.8 cm³/mol. The van der Waals surface area contributed by atoms with Crippen molar-refractivity contribution < 1.29 is 24.4 Å². The van der Waals surface area contributed by atoms with Crippen molar-refractivity contribution in [3.05, 3.63) is 0 Å². The maximum Gasteiger partial charge on any atom is 0.189 e. The largest absolute Gasteiger partial charge is 0.388 e. The number of ether oxygens (including phenoxy) is 1. The fraction of sp³-hybridized carbons (Fsp3) is 1.00. The van der Waals surface area contributed by atoms with E-state index in [0.717, 1.165) is 0 Å². The molecule has 1 fully saturated rings. The Morgan fingerprint density at radius 1 is 1.25 bits per heavy atom. The molecule has 1 aliphatic heterocycles. The highest BCUT2D eigenvalue weighted by molar-refractivity contribution is 4.88. The lowest BCUT2D eigenvalue weighted by molar-refractivity contribution is -0.262. The highest BCUT2D eigenvalue weighted by atomic mass is 19.1. The van der Waals surface area contributed by atoms with Crippen LogP contribution in [0.3, 0.4) is 0 Å². The first-order valence-corrected chi connectivity index (χ1v) is 3.61. The van der Waals surface area contributed by atoms with Crippen molar-refractivity contribution >= 4 is 0 Å². The Kier molecular flexibility index (Phi) is 2.97. The third-order valence-electron chi connectivity index (χ3n) is 1.88. The highest BCUT2D eigenvalue weighted by Gasteiger charge is 2.43. The van der Waals surface area contributed by atoms with E-state index in [4.69, 9.17) is 21.1 Å². The van der Waals surface area contributed by atoms with Gasteiger partial charge >= 0.3 is 0 Å². The van der Waals surface area contributed by atoms with Gasteiger partial charge in [0.05, 0.1) is 0 Å². The summed E-state index contributed by atoms with van der Waals surface area (Å²) in [5.41, 5.74) is 5.13. The van der Waals surface area contributed by atoms with E-state index >= 15 is 0 Å². The van der Waals surface area contributed by atoms with Crippen molar-refractivity contribution in [2.75, 3.05) is 6.54 Å². The quantitative estimate of drug-likeness (QED) is 0.365. The third kappa shape index (κ3) is 1.57. The van der Waals surface area contributed by atoms with Crippen LogP contribution in [0.4, 0.5) is 4.39 Å². The van der Waals surface area contributed by atoms with E-state index in [0.29, 0.717) is 0 Å². The number of hydrogen-bond donors (Lipinski definition) is 4. The monoisotopic (exact) mass is 181 g/mol. The summed E-state index contributed by atoms with van der Waals surface area (Å²) in [6, 6.07) is 0. The minimum Gasteiger partial charge on any atom is -0.388 e. The predicted octanol–water partition coefficient (Wildman–Crippen LogP) is -2.28. The van der Waals surface area contributed by atoms with Crippen LogP contribution in [-0.4, -0.2) is 52.6 Å². The van der Waals surface area contributed by atoms with Gasteiger partial charge in [-0.05, 0) is 0 Å². The van der Waals surface area contributed by atoms with Crippen LogP contribution in [0.1, 0.15) is 0 Å². The van der Waals surface area contributed by atoms with Crippen molar-refractivity contribution in [2.45, 2.75) is 30.8 Å². The summed E-state index contributed by atoms with van der Waals surface area (Å²) in [7, 11) is 0. The third-order valence-corrected chi connectivity index (χ3v) is 1.88. The average molecular weight is 181 g/mol. The summed E-state index contributed by atoms with van der Waals surface area (Å²) in [6.07, 6.45) is -7.63. The molecule has 72 valence electrons. The molecule has 0 unspecified atom stereocenters. The van der Waals surface area contributed by atoms with E-state index in [1.165, 1.54) is 0 Å². The van der Waals surface area contributed by atoms with Gasteiger partial charge in [0.2, 0.25) is 0 Å². The SMILES string of the molecule is NC[C@H]1O[C@@H](O)[C@H](F)[C@@H](O)[C@@H]1O. The molecule has 0 spiro atoms. The molecule has 1 aliphatic rings. The number of hydrogen-bond acceptors (Lipinski definition) is 5. The molecule has 0 amide bonds. The van der Waals surface area contributed by atoms with Crippen LogP contribution in [0.5, 0.6) is 0 Å². The van der Waals surface area contributed by atoms with Crippen molar-refractivity contribution in [3.8, 4) is 0 Å². The second-order valence-corrected chi connectivity index (χ2v) is 2.73. The maximum atomic E-state index is 12.7. The summed E-state index contributed by atoms with van der Waals surface area (Å²) < 4.78 is 17.3. The van der Waals surface area contributed by atoms with Gasteiger partial charge in [0.25, 0.3) is 0 Å². The summed E-state index contributed by atoms with van der Waals surface area (Å²) in [4.78, 5) is 0. The lowest BCUT2D eigenvalue weighted by Gasteiger charge is -2.36. The Labute approximate surface area is 68.6 Å². The molecule has 1 heterocycles. The summed E-state index contributed by atoms with van der Waals surface area (Å²) in [6.45, 7) is -0.0813. The normalized spacial score (nSPS) is 49.2. The van der Waals surface area contributed by atoms with Gasteiger partial charge in [-0.15, -0.1) is 0 Å². The van der Waals surface area contributed by atoms with E-state index in [1.54, 1.807) is 0 Å². The van der Waals surface area contributed by atoms with Crippen molar-refractivity contribution in [1.29, 1.82) is 0 Å². The van der Waals surface area contributed by atoms with Gasteiger partial charge in [0, 0.05) is 6.54 Å². The molecule has 0 bridgehead atoms. The van der Waals surface area contributed by atoms with Crippen molar-refractivity contribution in [1.82, 2.24) is 0 Å². The Bertz CT molecular complexity index is 154. The molecule has 0 aliphatic carbocycles. The summed E-state index contributed by atoms with van der Waals surface area (Å²) in [5, 5.41) is 27.0. The van der Waals surface area contributed by atoms with Gasteiger partial charge in [0.15, 0.2) is 12.5 Å². The van der Waals surface area contributed by atoms with Crippen molar-refractivity contribution in [3.63, 3.8) is 0 Å². The second kappa shape index (κ2) is 3.63. The van der Waals surface area contributed by atoms with Gasteiger partial charge in [-0.1, -0.05) is 0 Å². The molecule has 5 nitrogen and oxygen atoms in total. The number of rotatable bonds is 1. The van der Waals surface area contributed by atoms with Gasteiger partial charge in [-0.3, -0.25) is 0 Å². The molecule has 0 aromatic carbocycles. The molecule has 1 saturated heterocycles. The summed E-state index contributed by atoms with van der Waals surface area (Å²) in [5.74, 6) is 0. The fourth-order valence-corrected chi connectivity index (χ4v) is 1.11. The molecule has 5 N–H and O–H groups in total. The maximum absolute atomic E-state index is 12.7. The number of aliphatic hydroxyl groups is 3. The molecule has 0 radical (unpaired) electrons. The van der Waals surface area contributed by atoms with Crippen LogP contribution in [-0.2, 0) is 4.74 Å². The van der Waals surface area contributed by atoms with Gasteiger partial charge in [-0.2, -0.15) is 0 Å². The zero-order valence-electron chi connectivity index (χ0n) is 6.30. The second-order valence-electron chi connectivity index (χ2n) is 2.73. The van der Waals surface area contributed by atoms with Gasteiger partial charge in [0.1, 0.15) is 18.3 Å². The zero-order chi connectivity index (χ0) is 9.30. The van der Waals surface area contributed by atoms with E-state index < -0.39 is 30.8 Å². The molecule has 6 heteroatoms. The molecule has 1 rings (SSSR count). The van der Waals surface area contributed by atoms with Crippen molar-refractivity contribution in [2.24, 2.45) is 5.73 Å².